The summed E-state index contributed by atoms with van der Waals surface area (Å²) in [7, 11) is 0. The van der Waals surface area contributed by atoms with Crippen molar-refractivity contribution in [3.8, 4) is 0 Å². The average Bonchev–Trinajstić information content (AvgIpc) is 3.17. The molecule has 0 radical (unpaired) electrons. The Hall–Kier alpha value is -2.15. The van der Waals surface area contributed by atoms with Gasteiger partial charge in [-0.15, -0.1) is 0 Å². The molecule has 7 nitrogen and oxygen atoms in total. The van der Waals surface area contributed by atoms with Crippen molar-refractivity contribution in [3.05, 3.63) is 30.1 Å². The number of nitrogens with zero attached hydrogens (tertiary/aromatic N) is 3. The Balaban J connectivity index is 1.51. The molecule has 4 heterocycles. The standard InChI is InChI=1S/C21H31N5O2/c1-16(2)24-19(28)26-10-6-20(7-11-26)14-25(13-17-4-3-8-22-12-17)15-21(20)5-9-23-18(21)27/h3-4,8,12,16H,5-7,9-11,13-15H2,1-2H3,(H,23,27)(H,24,28)/t21-/m1/s1. The minimum atomic E-state index is -0.324. The summed E-state index contributed by atoms with van der Waals surface area (Å²) in [5, 5.41) is 6.09. The van der Waals surface area contributed by atoms with Gasteiger partial charge >= 0.3 is 6.03 Å². The number of piperidine rings is 1. The number of rotatable bonds is 3. The van der Waals surface area contributed by atoms with Crippen LogP contribution in [0.2, 0.25) is 0 Å². The van der Waals surface area contributed by atoms with Gasteiger partial charge in [0.15, 0.2) is 0 Å². The van der Waals surface area contributed by atoms with Crippen LogP contribution in [0.4, 0.5) is 4.79 Å². The summed E-state index contributed by atoms with van der Waals surface area (Å²) in [5.41, 5.74) is 0.807. The van der Waals surface area contributed by atoms with Crippen molar-refractivity contribution in [1.82, 2.24) is 25.4 Å². The van der Waals surface area contributed by atoms with Crippen molar-refractivity contribution in [3.63, 3.8) is 0 Å². The van der Waals surface area contributed by atoms with Gasteiger partial charge in [-0.05, 0) is 44.7 Å². The highest BCUT2D eigenvalue weighted by Crippen LogP contribution is 2.56. The topological polar surface area (TPSA) is 77.6 Å². The molecule has 152 valence electrons. The summed E-state index contributed by atoms with van der Waals surface area (Å²) < 4.78 is 0. The van der Waals surface area contributed by atoms with E-state index < -0.39 is 0 Å². The average molecular weight is 386 g/mol. The van der Waals surface area contributed by atoms with E-state index in [0.717, 1.165) is 45.4 Å². The molecule has 3 amide bonds. The highest BCUT2D eigenvalue weighted by Gasteiger charge is 2.63. The second kappa shape index (κ2) is 7.35. The SMILES string of the molecule is CC(C)NC(=O)N1CCC2(CC1)CN(Cc1cccnc1)C[C@@]21CCNC1=O. The minimum absolute atomic E-state index is 0.0139. The largest absolute Gasteiger partial charge is 0.356 e. The summed E-state index contributed by atoms with van der Waals surface area (Å²) >= 11 is 0. The fourth-order valence-corrected chi connectivity index (χ4v) is 5.49. The smallest absolute Gasteiger partial charge is 0.317 e. The second-order valence-corrected chi connectivity index (χ2v) is 8.97. The highest BCUT2D eigenvalue weighted by molar-refractivity contribution is 5.86. The quantitative estimate of drug-likeness (QED) is 0.829. The van der Waals surface area contributed by atoms with E-state index in [0.29, 0.717) is 13.1 Å². The molecular formula is C21H31N5O2. The van der Waals surface area contributed by atoms with Crippen LogP contribution in [0.5, 0.6) is 0 Å². The molecule has 1 aromatic rings. The van der Waals surface area contributed by atoms with E-state index in [-0.39, 0.29) is 28.8 Å². The third kappa shape index (κ3) is 3.26. The number of amides is 3. The van der Waals surface area contributed by atoms with Gasteiger partial charge in [0.05, 0.1) is 5.41 Å². The third-order valence-electron chi connectivity index (χ3n) is 6.86. The number of urea groups is 1. The van der Waals surface area contributed by atoms with E-state index in [1.807, 2.05) is 31.0 Å². The highest BCUT2D eigenvalue weighted by atomic mass is 16.2. The molecule has 0 aromatic carbocycles. The lowest BCUT2D eigenvalue weighted by Crippen LogP contribution is -2.55. The van der Waals surface area contributed by atoms with Crippen LogP contribution in [0.3, 0.4) is 0 Å². The zero-order chi connectivity index (χ0) is 19.8. The number of aromatic nitrogens is 1. The van der Waals surface area contributed by atoms with Crippen LogP contribution in [-0.2, 0) is 11.3 Å². The number of nitrogens with one attached hydrogen (secondary N) is 2. The number of pyridine rings is 1. The lowest BCUT2D eigenvalue weighted by atomic mass is 9.60. The molecule has 3 aliphatic heterocycles. The molecule has 0 aliphatic carbocycles. The fourth-order valence-electron chi connectivity index (χ4n) is 5.49. The number of carbonyl (C=O) groups is 2. The monoisotopic (exact) mass is 385 g/mol. The fraction of sp³-hybridized carbons (Fsp3) is 0.667. The maximum atomic E-state index is 13.0. The van der Waals surface area contributed by atoms with Crippen LogP contribution in [-0.4, -0.2) is 65.5 Å². The normalized spacial score (nSPS) is 27.0. The van der Waals surface area contributed by atoms with Crippen molar-refractivity contribution < 1.29 is 9.59 Å². The summed E-state index contributed by atoms with van der Waals surface area (Å²) in [6.07, 6.45) is 6.36. The molecule has 0 bridgehead atoms. The molecule has 0 unspecified atom stereocenters. The first-order chi connectivity index (χ1) is 13.4. The van der Waals surface area contributed by atoms with E-state index in [4.69, 9.17) is 0 Å². The Morgan fingerprint density at radius 3 is 2.68 bits per heavy atom. The van der Waals surface area contributed by atoms with Crippen molar-refractivity contribution in [2.75, 3.05) is 32.7 Å². The zero-order valence-electron chi connectivity index (χ0n) is 16.9. The first kappa shape index (κ1) is 19.2. The van der Waals surface area contributed by atoms with Gasteiger partial charge in [0, 0.05) is 63.1 Å². The molecule has 3 fully saturated rings. The van der Waals surface area contributed by atoms with E-state index in [1.54, 1.807) is 6.20 Å². The van der Waals surface area contributed by atoms with Gasteiger partial charge in [-0.25, -0.2) is 4.79 Å². The van der Waals surface area contributed by atoms with Gasteiger partial charge in [-0.1, -0.05) is 6.07 Å². The Morgan fingerprint density at radius 1 is 1.29 bits per heavy atom. The van der Waals surface area contributed by atoms with Gasteiger partial charge in [-0.3, -0.25) is 14.7 Å². The molecule has 7 heteroatoms. The predicted molar refractivity (Wildman–Crippen MR) is 106 cm³/mol. The Bertz CT molecular complexity index is 730. The molecule has 2 spiro atoms. The summed E-state index contributed by atoms with van der Waals surface area (Å²) in [5.74, 6) is 0.210. The summed E-state index contributed by atoms with van der Waals surface area (Å²) in [6, 6.07) is 4.21. The first-order valence-electron chi connectivity index (χ1n) is 10.4. The Kier molecular flexibility index (Phi) is 5.04. The van der Waals surface area contributed by atoms with Crippen molar-refractivity contribution >= 4 is 11.9 Å². The number of carbonyl (C=O) groups excluding carboxylic acids is 2. The Morgan fingerprint density at radius 2 is 2.07 bits per heavy atom. The van der Waals surface area contributed by atoms with Gasteiger partial charge < -0.3 is 15.5 Å². The van der Waals surface area contributed by atoms with Crippen molar-refractivity contribution in [1.29, 1.82) is 0 Å². The first-order valence-corrected chi connectivity index (χ1v) is 10.4. The minimum Gasteiger partial charge on any atom is -0.356 e. The molecule has 1 atom stereocenters. The van der Waals surface area contributed by atoms with E-state index in [2.05, 4.69) is 26.6 Å². The lowest BCUT2D eigenvalue weighted by Gasteiger charge is -2.46. The maximum Gasteiger partial charge on any atom is 0.317 e. The van der Waals surface area contributed by atoms with Crippen LogP contribution in [0.25, 0.3) is 0 Å². The van der Waals surface area contributed by atoms with Crippen molar-refractivity contribution in [2.24, 2.45) is 10.8 Å². The molecule has 3 aliphatic rings. The predicted octanol–water partition coefficient (Wildman–Crippen LogP) is 1.60. The zero-order valence-corrected chi connectivity index (χ0v) is 16.9. The molecule has 28 heavy (non-hydrogen) atoms. The summed E-state index contributed by atoms with van der Waals surface area (Å²) in [4.78, 5) is 34.0. The molecule has 4 rings (SSSR count). The van der Waals surface area contributed by atoms with Gasteiger partial charge in [0.1, 0.15) is 0 Å². The van der Waals surface area contributed by atoms with Crippen LogP contribution in [0.15, 0.2) is 24.5 Å². The number of hydrogen-bond acceptors (Lipinski definition) is 4. The molecular weight excluding hydrogens is 354 g/mol. The Labute approximate surface area is 166 Å². The van der Waals surface area contributed by atoms with Crippen molar-refractivity contribution in [2.45, 2.75) is 45.7 Å². The van der Waals surface area contributed by atoms with Gasteiger partial charge in [0.2, 0.25) is 5.91 Å². The van der Waals surface area contributed by atoms with Crippen LogP contribution in [0, 0.1) is 10.8 Å². The van der Waals surface area contributed by atoms with Crippen LogP contribution >= 0.6 is 0 Å². The maximum absolute atomic E-state index is 13.0. The molecule has 2 N–H and O–H groups in total. The second-order valence-electron chi connectivity index (χ2n) is 8.97. The molecule has 3 saturated heterocycles. The third-order valence-corrected chi connectivity index (χ3v) is 6.86. The number of likely N-dealkylation sites (tertiary alicyclic amines) is 2. The van der Waals surface area contributed by atoms with Crippen LogP contribution < -0.4 is 10.6 Å². The lowest BCUT2D eigenvalue weighted by molar-refractivity contribution is -0.133. The van der Waals surface area contributed by atoms with Gasteiger partial charge in [-0.2, -0.15) is 0 Å². The van der Waals surface area contributed by atoms with Gasteiger partial charge in [0.25, 0.3) is 0 Å². The summed E-state index contributed by atoms with van der Waals surface area (Å²) in [6.45, 7) is 8.69. The molecule has 0 saturated carbocycles. The molecule has 1 aromatic heterocycles. The van der Waals surface area contributed by atoms with E-state index in [1.165, 1.54) is 5.56 Å². The van der Waals surface area contributed by atoms with Crippen LogP contribution in [0.1, 0.15) is 38.7 Å². The van der Waals surface area contributed by atoms with E-state index >= 15 is 0 Å². The number of hydrogen-bond donors (Lipinski definition) is 2. The number of fused-ring (bicyclic) bond motifs is 1. The van der Waals surface area contributed by atoms with E-state index in [9.17, 15) is 9.59 Å².